The minimum atomic E-state index is 0.909. The van der Waals surface area contributed by atoms with Gasteiger partial charge in [0, 0.05) is 48.0 Å². The Bertz CT molecular complexity index is 2810. The van der Waals surface area contributed by atoms with Crippen molar-refractivity contribution in [2.45, 2.75) is 0 Å². The fourth-order valence-corrected chi connectivity index (χ4v) is 8.42. The quantitative estimate of drug-likeness (QED) is 0.186. The van der Waals surface area contributed by atoms with Gasteiger partial charge in [0.2, 0.25) is 0 Å². The number of furan rings is 1. The predicted octanol–water partition coefficient (Wildman–Crippen LogP) is 13.9. The molecule has 2 nitrogen and oxygen atoms in total. The van der Waals surface area contributed by atoms with Gasteiger partial charge in [0.05, 0.1) is 0 Å². The lowest BCUT2D eigenvalue weighted by Crippen LogP contribution is -2.09. The number of para-hydroxylation sites is 1. The van der Waals surface area contributed by atoms with Crippen molar-refractivity contribution in [3.63, 3.8) is 0 Å². The third-order valence-corrected chi connectivity index (χ3v) is 10.8. The Morgan fingerprint density at radius 1 is 0.388 bits per heavy atom. The highest BCUT2D eigenvalue weighted by Gasteiger charge is 2.17. The van der Waals surface area contributed by atoms with E-state index in [9.17, 15) is 0 Å². The molecule has 0 aliphatic rings. The number of hydrogen-bond acceptors (Lipinski definition) is 3. The largest absolute Gasteiger partial charge is 0.456 e. The second-order valence-electron chi connectivity index (χ2n) is 12.6. The van der Waals surface area contributed by atoms with Crippen LogP contribution in [0.15, 0.2) is 180 Å². The highest BCUT2D eigenvalue weighted by atomic mass is 32.1. The van der Waals surface area contributed by atoms with Crippen molar-refractivity contribution in [2.24, 2.45) is 0 Å². The summed E-state index contributed by atoms with van der Waals surface area (Å²) in [6.45, 7) is 0. The molecule has 2 heterocycles. The highest BCUT2D eigenvalue weighted by Crippen LogP contribution is 2.42. The smallest absolute Gasteiger partial charge is 0.136 e. The lowest BCUT2D eigenvalue weighted by Gasteiger charge is -2.26. The Balaban J connectivity index is 1.11. The lowest BCUT2D eigenvalue weighted by molar-refractivity contribution is 0.669. The van der Waals surface area contributed by atoms with E-state index in [1.165, 1.54) is 47.6 Å². The third kappa shape index (κ3) is 4.70. The summed E-state index contributed by atoms with van der Waals surface area (Å²) in [4.78, 5) is 2.36. The lowest BCUT2D eigenvalue weighted by atomic mass is 9.99. The first-order valence-electron chi connectivity index (χ1n) is 16.6. The van der Waals surface area contributed by atoms with Gasteiger partial charge in [-0.1, -0.05) is 109 Å². The maximum absolute atomic E-state index is 6.21. The first-order valence-corrected chi connectivity index (χ1v) is 17.4. The van der Waals surface area contributed by atoms with Crippen LogP contribution in [0, 0.1) is 0 Å². The summed E-state index contributed by atoms with van der Waals surface area (Å²) in [5, 5.41) is 7.41. The average Bonchev–Trinajstić information content (AvgIpc) is 3.73. The summed E-state index contributed by atoms with van der Waals surface area (Å²) in [6.07, 6.45) is 0. The summed E-state index contributed by atoms with van der Waals surface area (Å²) < 4.78 is 8.86. The van der Waals surface area contributed by atoms with Crippen LogP contribution in [0.3, 0.4) is 0 Å². The van der Waals surface area contributed by atoms with E-state index in [2.05, 4.69) is 169 Å². The van der Waals surface area contributed by atoms with Gasteiger partial charge in [-0.15, -0.1) is 11.3 Å². The van der Waals surface area contributed by atoms with Crippen molar-refractivity contribution < 1.29 is 4.42 Å². The second kappa shape index (κ2) is 11.2. The maximum atomic E-state index is 6.21. The standard InChI is InChI=1S/C46H29NOS/c1-2-9-30(10-3-1)31-17-22-35(23-18-31)47(37-26-21-33-29-45-41(28-34(33)27-37)39-11-5-7-16-44(39)49-45)36-24-19-32(20-25-36)38-13-8-15-43-46(38)40-12-4-6-14-42(40)48-43/h1-29H. The summed E-state index contributed by atoms with van der Waals surface area (Å²) in [5.74, 6) is 0. The molecule has 0 spiro atoms. The van der Waals surface area contributed by atoms with Crippen molar-refractivity contribution in [3.05, 3.63) is 176 Å². The van der Waals surface area contributed by atoms with Crippen molar-refractivity contribution in [1.29, 1.82) is 0 Å². The summed E-state index contributed by atoms with van der Waals surface area (Å²) >= 11 is 1.87. The highest BCUT2D eigenvalue weighted by molar-refractivity contribution is 7.25. The Labute approximate surface area is 287 Å². The van der Waals surface area contributed by atoms with E-state index < -0.39 is 0 Å². The first-order chi connectivity index (χ1) is 24.3. The van der Waals surface area contributed by atoms with E-state index in [1.807, 2.05) is 23.5 Å². The molecule has 0 saturated heterocycles. The van der Waals surface area contributed by atoms with Crippen molar-refractivity contribution in [1.82, 2.24) is 0 Å². The number of thiophene rings is 1. The number of anilines is 3. The van der Waals surface area contributed by atoms with E-state index in [0.717, 1.165) is 44.6 Å². The zero-order valence-corrected chi connectivity index (χ0v) is 27.3. The molecule has 3 heteroatoms. The van der Waals surface area contributed by atoms with E-state index >= 15 is 0 Å². The Morgan fingerprint density at radius 3 is 1.86 bits per heavy atom. The van der Waals surface area contributed by atoms with Crippen LogP contribution in [-0.4, -0.2) is 0 Å². The molecule has 0 unspecified atom stereocenters. The molecule has 0 amide bonds. The minimum absolute atomic E-state index is 0.909. The Hall–Kier alpha value is -6.16. The number of nitrogens with zero attached hydrogens (tertiary/aromatic N) is 1. The molecule has 10 aromatic rings. The van der Waals surface area contributed by atoms with Crippen LogP contribution in [0.25, 0.3) is 75.1 Å². The fourth-order valence-electron chi connectivity index (χ4n) is 7.28. The van der Waals surface area contributed by atoms with E-state index in [4.69, 9.17) is 4.42 Å². The molecule has 0 radical (unpaired) electrons. The van der Waals surface area contributed by atoms with Crippen LogP contribution in [0.5, 0.6) is 0 Å². The summed E-state index contributed by atoms with van der Waals surface area (Å²) in [6, 6.07) is 63.3. The molecule has 10 rings (SSSR count). The molecule has 0 saturated carbocycles. The second-order valence-corrected chi connectivity index (χ2v) is 13.6. The van der Waals surface area contributed by atoms with Crippen LogP contribution < -0.4 is 4.90 Å². The van der Waals surface area contributed by atoms with Crippen LogP contribution in [-0.2, 0) is 0 Å². The zero-order valence-electron chi connectivity index (χ0n) is 26.5. The van der Waals surface area contributed by atoms with Gasteiger partial charge in [-0.25, -0.2) is 0 Å². The Morgan fingerprint density at radius 2 is 1.04 bits per heavy atom. The number of fused-ring (bicyclic) bond motifs is 7. The Kier molecular flexibility index (Phi) is 6.39. The van der Waals surface area contributed by atoms with Crippen molar-refractivity contribution in [2.75, 3.05) is 4.90 Å². The topological polar surface area (TPSA) is 16.4 Å². The van der Waals surface area contributed by atoms with Crippen LogP contribution in [0.4, 0.5) is 17.1 Å². The molecule has 230 valence electrons. The third-order valence-electron chi connectivity index (χ3n) is 9.65. The number of benzene rings is 8. The van der Waals surface area contributed by atoms with E-state index in [0.29, 0.717) is 0 Å². The van der Waals surface area contributed by atoms with E-state index in [-0.39, 0.29) is 0 Å². The summed E-state index contributed by atoms with van der Waals surface area (Å²) in [7, 11) is 0. The molecule has 0 N–H and O–H groups in total. The van der Waals surface area contributed by atoms with Crippen LogP contribution >= 0.6 is 11.3 Å². The van der Waals surface area contributed by atoms with E-state index in [1.54, 1.807) is 0 Å². The van der Waals surface area contributed by atoms with Crippen molar-refractivity contribution >= 4 is 81.3 Å². The maximum Gasteiger partial charge on any atom is 0.136 e. The first kappa shape index (κ1) is 27.9. The fraction of sp³-hybridized carbons (Fsp3) is 0. The molecule has 49 heavy (non-hydrogen) atoms. The molecule has 0 aliphatic heterocycles. The van der Waals surface area contributed by atoms with Gasteiger partial charge in [-0.2, -0.15) is 0 Å². The van der Waals surface area contributed by atoms with Gasteiger partial charge in [-0.05, 0) is 99.8 Å². The molecule has 0 aliphatic carbocycles. The molecular weight excluding hydrogens is 615 g/mol. The SMILES string of the molecule is c1ccc(-c2ccc(N(c3ccc(-c4cccc5oc6ccccc6c45)cc3)c3ccc4cc5sc6ccccc6c5cc4c3)cc2)cc1. The number of rotatable bonds is 5. The molecule has 8 aromatic carbocycles. The molecule has 0 bridgehead atoms. The monoisotopic (exact) mass is 643 g/mol. The minimum Gasteiger partial charge on any atom is -0.456 e. The van der Waals surface area contributed by atoms with Crippen LogP contribution in [0.1, 0.15) is 0 Å². The summed E-state index contributed by atoms with van der Waals surface area (Å²) in [5.41, 5.74) is 9.89. The number of hydrogen-bond donors (Lipinski definition) is 0. The normalized spacial score (nSPS) is 11.7. The van der Waals surface area contributed by atoms with Gasteiger partial charge in [0.1, 0.15) is 11.2 Å². The molecule has 2 aromatic heterocycles. The predicted molar refractivity (Wildman–Crippen MR) is 210 cm³/mol. The van der Waals surface area contributed by atoms with Crippen molar-refractivity contribution in [3.8, 4) is 22.3 Å². The molecule has 0 atom stereocenters. The van der Waals surface area contributed by atoms with Gasteiger partial charge >= 0.3 is 0 Å². The van der Waals surface area contributed by atoms with Crippen LogP contribution in [0.2, 0.25) is 0 Å². The molecule has 0 fully saturated rings. The van der Waals surface area contributed by atoms with Gasteiger partial charge in [0.25, 0.3) is 0 Å². The average molecular weight is 644 g/mol. The van der Waals surface area contributed by atoms with Gasteiger partial charge in [-0.3, -0.25) is 0 Å². The van der Waals surface area contributed by atoms with Gasteiger partial charge < -0.3 is 9.32 Å². The molecular formula is C46H29NOS. The van der Waals surface area contributed by atoms with Gasteiger partial charge in [0.15, 0.2) is 0 Å². The zero-order chi connectivity index (χ0) is 32.3.